The molecule has 176 valence electrons. The summed E-state index contributed by atoms with van der Waals surface area (Å²) >= 11 is 1.30. The number of methoxy groups -OCH3 is 1. The van der Waals surface area contributed by atoms with Gasteiger partial charge in [0.15, 0.2) is 5.78 Å². The van der Waals surface area contributed by atoms with Crippen molar-refractivity contribution in [2.45, 2.75) is 57.1 Å². The summed E-state index contributed by atoms with van der Waals surface area (Å²) in [4.78, 5) is 60.5. The van der Waals surface area contributed by atoms with E-state index >= 15 is 0 Å². The molecule has 0 aliphatic carbocycles. The Morgan fingerprint density at radius 2 is 1.97 bits per heavy atom. The molecule has 10 heteroatoms. The van der Waals surface area contributed by atoms with Crippen LogP contribution in [0, 0.1) is 5.92 Å². The maximum absolute atomic E-state index is 12.6. The second-order valence-electron chi connectivity index (χ2n) is 7.58. The number of likely N-dealkylation sites (tertiary alicyclic amines) is 1. The van der Waals surface area contributed by atoms with Crippen LogP contribution in [0.15, 0.2) is 0 Å². The minimum atomic E-state index is -0.574. The lowest BCUT2D eigenvalue weighted by Gasteiger charge is -2.18. The van der Waals surface area contributed by atoms with Gasteiger partial charge >= 0.3 is 0 Å². The maximum Gasteiger partial charge on any atom is 0.243 e. The Morgan fingerprint density at radius 3 is 2.65 bits per heavy atom. The van der Waals surface area contributed by atoms with Crippen LogP contribution < -0.4 is 10.6 Å². The minimum absolute atomic E-state index is 0.0395. The molecule has 4 amide bonds. The zero-order valence-corrected chi connectivity index (χ0v) is 19.3. The predicted octanol–water partition coefficient (Wildman–Crippen LogP) is 0.902. The van der Waals surface area contributed by atoms with Crippen LogP contribution in [0.25, 0.3) is 0 Å². The number of imide groups is 1. The van der Waals surface area contributed by atoms with Crippen molar-refractivity contribution in [3.63, 3.8) is 0 Å². The zero-order chi connectivity index (χ0) is 23.1. The minimum Gasteiger partial charge on any atom is -0.377 e. The normalized spacial score (nSPS) is 17.0. The molecule has 0 aromatic heterocycles. The number of rotatable bonds is 18. The molecule has 0 spiro atoms. The molecule has 0 radical (unpaired) electrons. The highest BCUT2D eigenvalue weighted by molar-refractivity contribution is 8.00. The van der Waals surface area contributed by atoms with Gasteiger partial charge in [0.1, 0.15) is 6.61 Å². The lowest BCUT2D eigenvalue weighted by atomic mass is 10.0. The molecule has 0 aromatic carbocycles. The largest absolute Gasteiger partial charge is 0.377 e. The molecule has 0 saturated carbocycles. The van der Waals surface area contributed by atoms with Gasteiger partial charge in [0, 0.05) is 38.3 Å². The second kappa shape index (κ2) is 15.8. The molecule has 2 N–H and O–H groups in total. The van der Waals surface area contributed by atoms with Gasteiger partial charge in [0.25, 0.3) is 0 Å². The quantitative estimate of drug-likeness (QED) is 0.178. The molecule has 1 aliphatic rings. The number of carbonyl (C=O) groups is 5. The van der Waals surface area contributed by atoms with Crippen LogP contribution in [0.4, 0.5) is 0 Å². The molecule has 9 nitrogen and oxygen atoms in total. The second-order valence-corrected chi connectivity index (χ2v) is 8.81. The van der Waals surface area contributed by atoms with Crippen molar-refractivity contribution >= 4 is 41.7 Å². The highest BCUT2D eigenvalue weighted by Gasteiger charge is 2.40. The van der Waals surface area contributed by atoms with Crippen molar-refractivity contribution in [2.75, 3.05) is 39.1 Å². The summed E-state index contributed by atoms with van der Waals surface area (Å²) in [5, 5.41) is 5.00. The summed E-state index contributed by atoms with van der Waals surface area (Å²) in [5.41, 5.74) is 0. The van der Waals surface area contributed by atoms with Gasteiger partial charge in [-0.05, 0) is 19.3 Å². The van der Waals surface area contributed by atoms with Crippen LogP contribution in [-0.4, -0.2) is 79.2 Å². The summed E-state index contributed by atoms with van der Waals surface area (Å²) in [6.45, 7) is 2.86. The third-order valence-corrected chi connectivity index (χ3v) is 6.36. The van der Waals surface area contributed by atoms with Crippen LogP contribution in [-0.2, 0) is 28.7 Å². The van der Waals surface area contributed by atoms with Crippen LogP contribution in [0.2, 0.25) is 0 Å². The first-order valence-corrected chi connectivity index (χ1v) is 11.9. The summed E-state index contributed by atoms with van der Waals surface area (Å²) in [6.07, 6.45) is 5.90. The number of thioether (sulfide) groups is 1. The Labute approximate surface area is 188 Å². The van der Waals surface area contributed by atoms with Crippen LogP contribution >= 0.6 is 11.8 Å². The molecule has 2 unspecified atom stereocenters. The number of hydrogen-bond acceptors (Lipinski definition) is 7. The van der Waals surface area contributed by atoms with Gasteiger partial charge in [-0.15, -0.1) is 11.8 Å². The van der Waals surface area contributed by atoms with Crippen molar-refractivity contribution in [3.8, 4) is 0 Å². The Morgan fingerprint density at radius 1 is 1.23 bits per heavy atom. The third kappa shape index (κ3) is 10.3. The Hall–Kier alpha value is -1.94. The van der Waals surface area contributed by atoms with Gasteiger partial charge in [-0.2, -0.15) is 0 Å². The van der Waals surface area contributed by atoms with E-state index in [0.29, 0.717) is 31.7 Å². The van der Waals surface area contributed by atoms with E-state index in [4.69, 9.17) is 4.74 Å². The van der Waals surface area contributed by atoms with Gasteiger partial charge in [-0.1, -0.05) is 26.2 Å². The van der Waals surface area contributed by atoms with E-state index in [2.05, 4.69) is 17.6 Å². The number of Topliss-reactive ketones (excluding diaryl/α,β-unsaturated/α-hetero) is 1. The molecule has 0 bridgehead atoms. The van der Waals surface area contributed by atoms with E-state index in [1.165, 1.54) is 18.9 Å². The summed E-state index contributed by atoms with van der Waals surface area (Å²) < 4.78 is 4.75. The van der Waals surface area contributed by atoms with Crippen molar-refractivity contribution in [3.05, 3.63) is 0 Å². The number of amides is 4. The van der Waals surface area contributed by atoms with E-state index in [-0.39, 0.29) is 49.0 Å². The Kier molecular flexibility index (Phi) is 13.8. The molecule has 0 aromatic rings. The van der Waals surface area contributed by atoms with Crippen LogP contribution in [0.3, 0.4) is 0 Å². The van der Waals surface area contributed by atoms with Gasteiger partial charge < -0.3 is 15.4 Å². The fourth-order valence-electron chi connectivity index (χ4n) is 3.26. The first-order valence-electron chi connectivity index (χ1n) is 10.9. The van der Waals surface area contributed by atoms with Gasteiger partial charge in [0.05, 0.1) is 11.8 Å². The lowest BCUT2D eigenvalue weighted by Crippen LogP contribution is -2.37. The molecular formula is C21H35N3O6S. The summed E-state index contributed by atoms with van der Waals surface area (Å²) in [5.74, 6) is -0.984. The number of ketones is 1. The van der Waals surface area contributed by atoms with Crippen molar-refractivity contribution in [1.29, 1.82) is 0 Å². The first-order chi connectivity index (χ1) is 14.9. The van der Waals surface area contributed by atoms with Crippen LogP contribution in [0.5, 0.6) is 0 Å². The molecule has 2 atom stereocenters. The number of nitrogens with one attached hydrogen (secondary N) is 2. The highest BCUT2D eigenvalue weighted by atomic mass is 32.2. The standard InChI is InChI=1S/C21H35N3O6S/c1-3-4-6-10-23-20(28)16(8-5-7-9-22-15-25)14-31-18-11-19(27)24(21(18)29)12-17(26)13-30-2/h15-16,18H,3-14H2,1-2H3,(H,22,25)(H,23,28). The monoisotopic (exact) mass is 457 g/mol. The Bertz CT molecular complexity index is 616. The third-order valence-electron chi connectivity index (χ3n) is 5.00. The number of carbonyl (C=O) groups excluding carboxylic acids is 5. The SMILES string of the molecule is CCCCCNC(=O)C(CCCCNC=O)CSC1CC(=O)N(CC(=O)COC)C1=O. The topological polar surface area (TPSA) is 122 Å². The zero-order valence-electron chi connectivity index (χ0n) is 18.5. The smallest absolute Gasteiger partial charge is 0.243 e. The lowest BCUT2D eigenvalue weighted by molar-refractivity contribution is -0.142. The van der Waals surface area contributed by atoms with Crippen molar-refractivity contribution in [2.24, 2.45) is 5.92 Å². The fourth-order valence-corrected chi connectivity index (χ4v) is 4.58. The van der Waals surface area contributed by atoms with E-state index in [1.54, 1.807) is 0 Å². The fraction of sp³-hybridized carbons (Fsp3) is 0.762. The molecule has 1 saturated heterocycles. The number of unbranched alkanes of at least 4 members (excludes halogenated alkanes) is 3. The maximum atomic E-state index is 12.6. The summed E-state index contributed by atoms with van der Waals surface area (Å²) in [6, 6.07) is 0. The predicted molar refractivity (Wildman–Crippen MR) is 118 cm³/mol. The molecule has 1 heterocycles. The van der Waals surface area contributed by atoms with E-state index in [1.807, 2.05) is 0 Å². The molecule has 1 aliphatic heterocycles. The first kappa shape index (κ1) is 27.1. The average molecular weight is 458 g/mol. The Balaban J connectivity index is 2.59. The molecule has 1 rings (SSSR count). The van der Waals surface area contributed by atoms with Gasteiger partial charge in [-0.25, -0.2) is 0 Å². The van der Waals surface area contributed by atoms with E-state index in [0.717, 1.165) is 37.0 Å². The van der Waals surface area contributed by atoms with E-state index < -0.39 is 5.25 Å². The average Bonchev–Trinajstić information content (AvgIpc) is 3.00. The van der Waals surface area contributed by atoms with Crippen molar-refractivity contribution < 1.29 is 28.7 Å². The van der Waals surface area contributed by atoms with E-state index in [9.17, 15) is 24.0 Å². The van der Waals surface area contributed by atoms with Gasteiger partial charge in [-0.3, -0.25) is 28.9 Å². The van der Waals surface area contributed by atoms with Gasteiger partial charge in [0.2, 0.25) is 24.1 Å². The number of hydrogen-bond donors (Lipinski definition) is 2. The molecule has 31 heavy (non-hydrogen) atoms. The number of nitrogens with zero attached hydrogens (tertiary/aromatic N) is 1. The summed E-state index contributed by atoms with van der Waals surface area (Å²) in [7, 11) is 1.38. The number of ether oxygens (including phenoxy) is 1. The van der Waals surface area contributed by atoms with Crippen LogP contribution in [0.1, 0.15) is 51.9 Å². The molecule has 1 fully saturated rings. The molecular weight excluding hydrogens is 422 g/mol. The highest BCUT2D eigenvalue weighted by Crippen LogP contribution is 2.28. The van der Waals surface area contributed by atoms with Crippen molar-refractivity contribution in [1.82, 2.24) is 15.5 Å².